The van der Waals surface area contributed by atoms with Crippen LogP contribution in [0.2, 0.25) is 0 Å². The van der Waals surface area contributed by atoms with Gasteiger partial charge in [0.1, 0.15) is 11.6 Å². The third-order valence-corrected chi connectivity index (χ3v) is 4.83. The van der Waals surface area contributed by atoms with Crippen molar-refractivity contribution in [3.63, 3.8) is 0 Å². The molecule has 31 heavy (non-hydrogen) atoms. The lowest BCUT2D eigenvalue weighted by Crippen LogP contribution is -2.16. The standard InChI is InChI=1S/C25H18FNO4/c1-30-17-12-10-16(11-13-17)23-14-20(18-6-3-5-9-22(18)27-23)25(29)31-15-24(28)19-7-2-4-8-21(19)26/h2-14H,15H2,1H3. The number of halogens is 1. The molecule has 0 unspecified atom stereocenters. The number of ketones is 1. The van der Waals surface area contributed by atoms with Gasteiger partial charge in [-0.05, 0) is 48.5 Å². The predicted octanol–water partition coefficient (Wildman–Crippen LogP) is 5.09. The van der Waals surface area contributed by atoms with Crippen LogP contribution in [0.4, 0.5) is 4.39 Å². The number of methoxy groups -OCH3 is 1. The number of pyridine rings is 1. The van der Waals surface area contributed by atoms with E-state index in [4.69, 9.17) is 9.47 Å². The van der Waals surface area contributed by atoms with Crippen molar-refractivity contribution in [3.05, 3.63) is 95.8 Å². The summed E-state index contributed by atoms with van der Waals surface area (Å²) in [7, 11) is 1.58. The number of rotatable bonds is 6. The summed E-state index contributed by atoms with van der Waals surface area (Å²) in [5, 5.41) is 0.600. The molecule has 0 aliphatic heterocycles. The summed E-state index contributed by atoms with van der Waals surface area (Å²) < 4.78 is 24.2. The first kappa shape index (κ1) is 20.2. The molecule has 0 aliphatic rings. The number of para-hydroxylation sites is 1. The Morgan fingerprint density at radius 1 is 0.903 bits per heavy atom. The topological polar surface area (TPSA) is 65.5 Å². The molecule has 0 amide bonds. The molecule has 0 radical (unpaired) electrons. The zero-order valence-corrected chi connectivity index (χ0v) is 16.7. The van der Waals surface area contributed by atoms with Crippen LogP contribution in [0, 0.1) is 5.82 Å². The van der Waals surface area contributed by atoms with Gasteiger partial charge in [0, 0.05) is 10.9 Å². The Bertz CT molecular complexity index is 1270. The molecule has 5 nitrogen and oxygen atoms in total. The highest BCUT2D eigenvalue weighted by Gasteiger charge is 2.18. The molecule has 1 aromatic heterocycles. The summed E-state index contributed by atoms with van der Waals surface area (Å²) in [6.07, 6.45) is 0. The van der Waals surface area contributed by atoms with Gasteiger partial charge in [0.2, 0.25) is 5.78 Å². The van der Waals surface area contributed by atoms with Gasteiger partial charge in [-0.3, -0.25) is 4.79 Å². The van der Waals surface area contributed by atoms with Crippen LogP contribution in [0.25, 0.3) is 22.2 Å². The minimum atomic E-state index is -0.682. The fraction of sp³-hybridized carbons (Fsp3) is 0.0800. The number of fused-ring (bicyclic) bond motifs is 1. The van der Waals surface area contributed by atoms with Crippen molar-refractivity contribution < 1.29 is 23.5 Å². The second-order valence-corrected chi connectivity index (χ2v) is 6.78. The Hall–Kier alpha value is -4.06. The summed E-state index contributed by atoms with van der Waals surface area (Å²) in [6.45, 7) is -0.561. The van der Waals surface area contributed by atoms with E-state index in [0.29, 0.717) is 22.3 Å². The minimum absolute atomic E-state index is 0.117. The Labute approximate surface area is 178 Å². The fourth-order valence-electron chi connectivity index (χ4n) is 3.23. The molecule has 6 heteroatoms. The van der Waals surface area contributed by atoms with Gasteiger partial charge in [0.25, 0.3) is 0 Å². The molecule has 1 heterocycles. The molecule has 0 bridgehead atoms. The molecule has 0 N–H and O–H groups in total. The first-order valence-corrected chi connectivity index (χ1v) is 9.56. The fourth-order valence-corrected chi connectivity index (χ4v) is 3.23. The van der Waals surface area contributed by atoms with Crippen molar-refractivity contribution in [3.8, 4) is 17.0 Å². The lowest BCUT2D eigenvalue weighted by molar-refractivity contribution is 0.0475. The normalized spacial score (nSPS) is 10.6. The summed E-state index contributed by atoms with van der Waals surface area (Å²) in [5.74, 6) is -1.24. The number of benzene rings is 3. The van der Waals surface area contributed by atoms with Gasteiger partial charge in [0.05, 0.1) is 29.4 Å². The number of Topliss-reactive ketones (excluding diaryl/α,β-unsaturated/α-hetero) is 1. The van der Waals surface area contributed by atoms with Crippen molar-refractivity contribution >= 4 is 22.7 Å². The maximum Gasteiger partial charge on any atom is 0.339 e. The van der Waals surface area contributed by atoms with E-state index in [1.165, 1.54) is 18.2 Å². The first-order chi connectivity index (χ1) is 15.1. The highest BCUT2D eigenvalue weighted by molar-refractivity contribution is 6.06. The number of carbonyl (C=O) groups excluding carboxylic acids is 2. The highest BCUT2D eigenvalue weighted by Crippen LogP contribution is 2.27. The highest BCUT2D eigenvalue weighted by atomic mass is 19.1. The largest absolute Gasteiger partial charge is 0.497 e. The summed E-state index contributed by atoms with van der Waals surface area (Å²) >= 11 is 0. The molecule has 3 aromatic carbocycles. The Balaban J connectivity index is 1.64. The van der Waals surface area contributed by atoms with Gasteiger partial charge < -0.3 is 9.47 Å². The molecule has 4 aromatic rings. The van der Waals surface area contributed by atoms with Crippen molar-refractivity contribution in [1.29, 1.82) is 0 Å². The van der Waals surface area contributed by atoms with E-state index in [-0.39, 0.29) is 11.1 Å². The second kappa shape index (κ2) is 8.75. The van der Waals surface area contributed by atoms with Crippen LogP contribution in [-0.4, -0.2) is 30.5 Å². The molecule has 0 aliphatic carbocycles. The van der Waals surface area contributed by atoms with Gasteiger partial charge in [0.15, 0.2) is 6.61 Å². The number of esters is 1. The van der Waals surface area contributed by atoms with Crippen LogP contribution < -0.4 is 4.74 Å². The molecular weight excluding hydrogens is 397 g/mol. The number of carbonyl (C=O) groups is 2. The van der Waals surface area contributed by atoms with Gasteiger partial charge in [-0.25, -0.2) is 14.2 Å². The Kier molecular flexibility index (Phi) is 5.71. The minimum Gasteiger partial charge on any atom is -0.497 e. The smallest absolute Gasteiger partial charge is 0.339 e. The Morgan fingerprint density at radius 3 is 2.35 bits per heavy atom. The number of nitrogens with zero attached hydrogens (tertiary/aromatic N) is 1. The second-order valence-electron chi connectivity index (χ2n) is 6.78. The van der Waals surface area contributed by atoms with Crippen LogP contribution in [0.5, 0.6) is 5.75 Å². The van der Waals surface area contributed by atoms with Crippen LogP contribution in [-0.2, 0) is 4.74 Å². The van der Waals surface area contributed by atoms with Crippen LogP contribution in [0.3, 0.4) is 0 Å². The third-order valence-electron chi connectivity index (χ3n) is 4.83. The van der Waals surface area contributed by atoms with E-state index in [0.717, 1.165) is 5.56 Å². The molecule has 0 spiro atoms. The van der Waals surface area contributed by atoms with E-state index in [1.54, 1.807) is 49.6 Å². The van der Waals surface area contributed by atoms with Crippen LogP contribution in [0.15, 0.2) is 78.9 Å². The van der Waals surface area contributed by atoms with E-state index in [9.17, 15) is 14.0 Å². The maximum atomic E-state index is 13.8. The number of hydrogen-bond acceptors (Lipinski definition) is 5. The molecule has 0 atom stereocenters. The molecule has 4 rings (SSSR count). The molecule has 0 saturated heterocycles. The predicted molar refractivity (Wildman–Crippen MR) is 115 cm³/mol. The number of aromatic nitrogens is 1. The molecular formula is C25H18FNO4. The van der Waals surface area contributed by atoms with Crippen molar-refractivity contribution in [2.45, 2.75) is 0 Å². The monoisotopic (exact) mass is 415 g/mol. The van der Waals surface area contributed by atoms with E-state index >= 15 is 0 Å². The Morgan fingerprint density at radius 2 is 1.61 bits per heavy atom. The maximum absolute atomic E-state index is 13.8. The van der Waals surface area contributed by atoms with Crippen LogP contribution >= 0.6 is 0 Å². The zero-order valence-electron chi connectivity index (χ0n) is 16.7. The molecule has 0 fully saturated rings. The van der Waals surface area contributed by atoms with Gasteiger partial charge >= 0.3 is 5.97 Å². The number of hydrogen-bond donors (Lipinski definition) is 0. The van der Waals surface area contributed by atoms with E-state index < -0.39 is 24.2 Å². The average molecular weight is 415 g/mol. The summed E-state index contributed by atoms with van der Waals surface area (Å²) in [5.41, 5.74) is 2.14. The van der Waals surface area contributed by atoms with Gasteiger partial charge in [-0.2, -0.15) is 0 Å². The van der Waals surface area contributed by atoms with E-state index in [1.807, 2.05) is 18.2 Å². The lowest BCUT2D eigenvalue weighted by atomic mass is 10.0. The first-order valence-electron chi connectivity index (χ1n) is 9.56. The molecule has 0 saturated carbocycles. The van der Waals surface area contributed by atoms with Gasteiger partial charge in [-0.1, -0.05) is 30.3 Å². The summed E-state index contributed by atoms with van der Waals surface area (Å²) in [6, 6.07) is 21.7. The SMILES string of the molecule is COc1ccc(-c2cc(C(=O)OCC(=O)c3ccccc3F)c3ccccc3n2)cc1. The van der Waals surface area contributed by atoms with E-state index in [2.05, 4.69) is 4.98 Å². The van der Waals surface area contributed by atoms with Crippen LogP contribution in [0.1, 0.15) is 20.7 Å². The van der Waals surface area contributed by atoms with Crippen molar-refractivity contribution in [1.82, 2.24) is 4.98 Å². The lowest BCUT2D eigenvalue weighted by Gasteiger charge is -2.10. The van der Waals surface area contributed by atoms with Crippen molar-refractivity contribution in [2.24, 2.45) is 0 Å². The van der Waals surface area contributed by atoms with Gasteiger partial charge in [-0.15, -0.1) is 0 Å². The summed E-state index contributed by atoms with van der Waals surface area (Å²) in [4.78, 5) is 29.8. The quantitative estimate of drug-likeness (QED) is 0.324. The zero-order chi connectivity index (χ0) is 21.8. The number of ether oxygens (including phenoxy) is 2. The van der Waals surface area contributed by atoms with Crippen molar-refractivity contribution in [2.75, 3.05) is 13.7 Å². The third kappa shape index (κ3) is 4.28. The molecule has 154 valence electrons. The average Bonchev–Trinajstić information content (AvgIpc) is 2.82.